The summed E-state index contributed by atoms with van der Waals surface area (Å²) in [7, 11) is 0. The molecule has 2 heterocycles. The molecule has 5 heteroatoms. The van der Waals surface area contributed by atoms with Crippen LogP contribution in [0.15, 0.2) is 54.9 Å². The van der Waals surface area contributed by atoms with Gasteiger partial charge in [-0.1, -0.05) is 43.3 Å². The second kappa shape index (κ2) is 6.26. The van der Waals surface area contributed by atoms with Gasteiger partial charge in [-0.3, -0.25) is 9.78 Å². The van der Waals surface area contributed by atoms with Crippen molar-refractivity contribution >= 4 is 22.6 Å². The van der Waals surface area contributed by atoms with Gasteiger partial charge in [-0.15, -0.1) is 0 Å². The summed E-state index contributed by atoms with van der Waals surface area (Å²) in [6.45, 7) is 2.12. The molecule has 1 aliphatic heterocycles. The van der Waals surface area contributed by atoms with Gasteiger partial charge in [-0.25, -0.2) is 4.79 Å². The van der Waals surface area contributed by atoms with Crippen LogP contribution < -0.4 is 0 Å². The zero-order valence-corrected chi connectivity index (χ0v) is 14.3. The van der Waals surface area contributed by atoms with Gasteiger partial charge in [-0.2, -0.15) is 0 Å². The van der Waals surface area contributed by atoms with Crippen LogP contribution in [-0.2, 0) is 11.3 Å². The molecule has 3 aromatic rings. The van der Waals surface area contributed by atoms with Gasteiger partial charge in [0, 0.05) is 35.5 Å². The first-order valence-electron chi connectivity index (χ1n) is 8.60. The molecule has 5 nitrogen and oxygen atoms in total. The monoisotopic (exact) mass is 346 g/mol. The van der Waals surface area contributed by atoms with Crippen molar-refractivity contribution in [3.05, 3.63) is 66.0 Å². The fourth-order valence-corrected chi connectivity index (χ4v) is 3.62. The van der Waals surface area contributed by atoms with E-state index < -0.39 is 12.0 Å². The van der Waals surface area contributed by atoms with E-state index in [2.05, 4.69) is 4.98 Å². The maximum absolute atomic E-state index is 12.8. The molecule has 0 spiro atoms. The number of fused-ring (bicyclic) bond motifs is 2. The molecular formula is C21H18N2O3. The molecule has 0 aliphatic carbocycles. The number of carboxylic acid groups (broad SMARTS) is 1. The number of carbonyl (C=O) groups excluding carboxylic acids is 1. The second-order valence-electron chi connectivity index (χ2n) is 6.48. The van der Waals surface area contributed by atoms with Gasteiger partial charge in [0.2, 0.25) is 0 Å². The van der Waals surface area contributed by atoms with Crippen LogP contribution in [0.3, 0.4) is 0 Å². The molecule has 1 unspecified atom stereocenters. The number of aliphatic carboxylic acids is 1. The summed E-state index contributed by atoms with van der Waals surface area (Å²) < 4.78 is 0. The summed E-state index contributed by atoms with van der Waals surface area (Å²) in [4.78, 5) is 30.0. The molecule has 1 atom stereocenters. The van der Waals surface area contributed by atoms with Gasteiger partial charge in [0.25, 0.3) is 5.91 Å². The number of pyridine rings is 1. The van der Waals surface area contributed by atoms with Crippen LogP contribution in [0.5, 0.6) is 0 Å². The van der Waals surface area contributed by atoms with E-state index in [-0.39, 0.29) is 5.91 Å². The standard InChI is InChI=1S/C21H18N2O3/c1-2-19(21(25)26)23-12-15-8-7-13(9-17(15)20(23)24)18-11-22-10-14-5-3-4-6-16(14)18/h3-11,19H,2,12H2,1H3,(H,25,26). The molecule has 1 amide bonds. The minimum Gasteiger partial charge on any atom is -0.480 e. The molecule has 0 saturated heterocycles. The van der Waals surface area contributed by atoms with Crippen molar-refractivity contribution in [3.8, 4) is 11.1 Å². The van der Waals surface area contributed by atoms with E-state index in [0.29, 0.717) is 18.5 Å². The normalized spacial score (nSPS) is 14.5. The molecule has 1 aliphatic rings. The summed E-state index contributed by atoms with van der Waals surface area (Å²) >= 11 is 0. The lowest BCUT2D eigenvalue weighted by Gasteiger charge is -2.22. The summed E-state index contributed by atoms with van der Waals surface area (Å²) in [5, 5.41) is 11.5. The van der Waals surface area contributed by atoms with Crippen LogP contribution in [0.1, 0.15) is 29.3 Å². The molecule has 1 aromatic heterocycles. The summed E-state index contributed by atoms with van der Waals surface area (Å²) in [6.07, 6.45) is 4.00. The molecule has 1 N–H and O–H groups in total. The molecule has 0 fully saturated rings. The third-order valence-corrected chi connectivity index (χ3v) is 4.97. The van der Waals surface area contributed by atoms with Crippen molar-refractivity contribution in [3.63, 3.8) is 0 Å². The Hall–Kier alpha value is -3.21. The smallest absolute Gasteiger partial charge is 0.326 e. The third kappa shape index (κ3) is 2.52. The quantitative estimate of drug-likeness (QED) is 0.781. The van der Waals surface area contributed by atoms with Crippen molar-refractivity contribution < 1.29 is 14.7 Å². The number of nitrogens with zero attached hydrogens (tertiary/aromatic N) is 2. The predicted molar refractivity (Wildman–Crippen MR) is 98.8 cm³/mol. The molecule has 0 radical (unpaired) electrons. The van der Waals surface area contributed by atoms with E-state index in [1.165, 1.54) is 4.90 Å². The minimum absolute atomic E-state index is 0.218. The van der Waals surface area contributed by atoms with Gasteiger partial charge >= 0.3 is 5.97 Å². The number of hydrogen-bond donors (Lipinski definition) is 1. The number of amides is 1. The number of carboxylic acids is 1. The fraction of sp³-hybridized carbons (Fsp3) is 0.190. The number of aromatic nitrogens is 1. The molecule has 0 saturated carbocycles. The zero-order valence-electron chi connectivity index (χ0n) is 14.3. The highest BCUT2D eigenvalue weighted by Gasteiger charge is 2.35. The minimum atomic E-state index is -0.966. The predicted octanol–water partition coefficient (Wildman–Crippen LogP) is 3.72. The molecule has 0 bridgehead atoms. The Kier molecular flexibility index (Phi) is 3.92. The van der Waals surface area contributed by atoms with Gasteiger partial charge in [0.05, 0.1) is 0 Å². The molecule has 26 heavy (non-hydrogen) atoms. The topological polar surface area (TPSA) is 70.5 Å². The Morgan fingerprint density at radius 3 is 2.77 bits per heavy atom. The van der Waals surface area contributed by atoms with Crippen molar-refractivity contribution in [1.29, 1.82) is 0 Å². The maximum Gasteiger partial charge on any atom is 0.326 e. The van der Waals surface area contributed by atoms with E-state index >= 15 is 0 Å². The van der Waals surface area contributed by atoms with Crippen molar-refractivity contribution in [2.24, 2.45) is 0 Å². The Labute approximate surface area is 150 Å². The zero-order chi connectivity index (χ0) is 18.3. The van der Waals surface area contributed by atoms with Crippen molar-refractivity contribution in [1.82, 2.24) is 9.88 Å². The van der Waals surface area contributed by atoms with Crippen LogP contribution in [-0.4, -0.2) is 32.9 Å². The number of benzene rings is 2. The fourth-order valence-electron chi connectivity index (χ4n) is 3.62. The highest BCUT2D eigenvalue weighted by molar-refractivity contribution is 6.03. The van der Waals surface area contributed by atoms with Crippen LogP contribution >= 0.6 is 0 Å². The van der Waals surface area contributed by atoms with Crippen LogP contribution in [0.25, 0.3) is 21.9 Å². The van der Waals surface area contributed by atoms with E-state index in [1.807, 2.05) is 48.7 Å². The SMILES string of the molecule is CCC(C(=O)O)N1Cc2ccc(-c3cncc4ccccc34)cc2C1=O. The molecule has 130 valence electrons. The summed E-state index contributed by atoms with van der Waals surface area (Å²) in [6, 6.07) is 12.9. The summed E-state index contributed by atoms with van der Waals surface area (Å²) in [5.41, 5.74) is 3.32. The van der Waals surface area contributed by atoms with E-state index in [4.69, 9.17) is 0 Å². The summed E-state index contributed by atoms with van der Waals surface area (Å²) in [5.74, 6) is -1.18. The Morgan fingerprint density at radius 1 is 1.19 bits per heavy atom. The lowest BCUT2D eigenvalue weighted by molar-refractivity contribution is -0.142. The number of carbonyl (C=O) groups is 2. The Morgan fingerprint density at radius 2 is 2.00 bits per heavy atom. The van der Waals surface area contributed by atoms with Crippen LogP contribution in [0.4, 0.5) is 0 Å². The first kappa shape index (κ1) is 16.3. The van der Waals surface area contributed by atoms with E-state index in [1.54, 1.807) is 13.1 Å². The number of rotatable bonds is 4. The first-order chi connectivity index (χ1) is 12.6. The largest absolute Gasteiger partial charge is 0.480 e. The molecular weight excluding hydrogens is 328 g/mol. The highest BCUT2D eigenvalue weighted by atomic mass is 16.4. The van der Waals surface area contributed by atoms with Crippen LogP contribution in [0, 0.1) is 0 Å². The first-order valence-corrected chi connectivity index (χ1v) is 8.60. The Bertz CT molecular complexity index is 1020. The lowest BCUT2D eigenvalue weighted by Crippen LogP contribution is -2.40. The second-order valence-corrected chi connectivity index (χ2v) is 6.48. The lowest BCUT2D eigenvalue weighted by atomic mass is 9.98. The van der Waals surface area contributed by atoms with E-state index in [9.17, 15) is 14.7 Å². The van der Waals surface area contributed by atoms with Gasteiger partial charge < -0.3 is 10.0 Å². The molecule has 2 aromatic carbocycles. The average Bonchev–Trinajstić information content (AvgIpc) is 2.97. The molecule has 4 rings (SSSR count). The highest BCUT2D eigenvalue weighted by Crippen LogP contribution is 2.33. The number of hydrogen-bond acceptors (Lipinski definition) is 3. The average molecular weight is 346 g/mol. The maximum atomic E-state index is 12.8. The third-order valence-electron chi connectivity index (χ3n) is 4.97. The van der Waals surface area contributed by atoms with Crippen LogP contribution in [0.2, 0.25) is 0 Å². The van der Waals surface area contributed by atoms with Crippen molar-refractivity contribution in [2.75, 3.05) is 0 Å². The van der Waals surface area contributed by atoms with E-state index in [0.717, 1.165) is 27.5 Å². The van der Waals surface area contributed by atoms with Gasteiger partial charge in [0.15, 0.2) is 0 Å². The van der Waals surface area contributed by atoms with Crippen molar-refractivity contribution in [2.45, 2.75) is 25.9 Å². The Balaban J connectivity index is 1.77. The van der Waals surface area contributed by atoms with Gasteiger partial charge in [-0.05, 0) is 29.0 Å². The van der Waals surface area contributed by atoms with Gasteiger partial charge in [0.1, 0.15) is 6.04 Å².